The van der Waals surface area contributed by atoms with Crippen LogP contribution in [0.4, 0.5) is 10.8 Å². The Hall–Kier alpha value is -2.55. The summed E-state index contributed by atoms with van der Waals surface area (Å²) >= 11 is 1.40. The van der Waals surface area contributed by atoms with Crippen LogP contribution in [0.2, 0.25) is 0 Å². The summed E-state index contributed by atoms with van der Waals surface area (Å²) in [5, 5.41) is 13.8. The molecule has 3 aromatic rings. The van der Waals surface area contributed by atoms with Gasteiger partial charge in [-0.2, -0.15) is 0 Å². The first kappa shape index (κ1) is 20.7. The van der Waals surface area contributed by atoms with E-state index in [1.165, 1.54) is 34.2 Å². The SMILES string of the molecule is Cc1cc(NCc2cccc3c2CC(N)CC3)c(C=N)cc1S(=O)Nc1nccs1. The van der Waals surface area contributed by atoms with E-state index in [0.29, 0.717) is 22.1 Å². The summed E-state index contributed by atoms with van der Waals surface area (Å²) in [6.45, 7) is 2.59. The maximum absolute atomic E-state index is 12.7. The molecule has 0 bridgehead atoms. The molecule has 2 atom stereocenters. The topological polar surface area (TPSA) is 104 Å². The standard InChI is InChI=1S/C22H25N5OS2/c1-14-9-20(17(12-23)10-21(14)30(28)27-22-25-7-8-29-22)26-13-16-4-2-3-15-5-6-18(24)11-19(15)16/h2-4,7-10,12,18,23,26H,5-6,11,13,24H2,1H3,(H,25,27). The second kappa shape index (κ2) is 9.07. The molecule has 0 spiro atoms. The van der Waals surface area contributed by atoms with Crippen molar-refractivity contribution in [3.63, 3.8) is 0 Å². The Morgan fingerprint density at radius 2 is 2.27 bits per heavy atom. The van der Waals surface area contributed by atoms with Gasteiger partial charge in [-0.05, 0) is 60.6 Å². The molecule has 1 heterocycles. The summed E-state index contributed by atoms with van der Waals surface area (Å²) in [5.74, 6) is 0. The van der Waals surface area contributed by atoms with Gasteiger partial charge in [0.2, 0.25) is 0 Å². The first-order chi connectivity index (χ1) is 14.5. The first-order valence-corrected chi connectivity index (χ1v) is 11.9. The highest BCUT2D eigenvalue weighted by atomic mass is 32.2. The zero-order valence-corrected chi connectivity index (χ0v) is 18.4. The van der Waals surface area contributed by atoms with Crippen LogP contribution in [-0.2, 0) is 30.4 Å². The molecule has 1 aliphatic rings. The van der Waals surface area contributed by atoms with E-state index >= 15 is 0 Å². The van der Waals surface area contributed by atoms with Crippen molar-refractivity contribution in [2.45, 2.75) is 43.7 Å². The lowest BCUT2D eigenvalue weighted by atomic mass is 9.85. The van der Waals surface area contributed by atoms with Gasteiger partial charge in [0.25, 0.3) is 0 Å². The molecule has 0 aliphatic heterocycles. The third-order valence-electron chi connectivity index (χ3n) is 5.40. The molecule has 0 radical (unpaired) electrons. The molecule has 30 heavy (non-hydrogen) atoms. The summed E-state index contributed by atoms with van der Waals surface area (Å²) in [5.41, 5.74) is 12.6. The normalized spacial score (nSPS) is 16.5. The number of rotatable bonds is 7. The van der Waals surface area contributed by atoms with Gasteiger partial charge in [0.1, 0.15) is 0 Å². The van der Waals surface area contributed by atoms with Gasteiger partial charge in [0.15, 0.2) is 16.1 Å². The lowest BCUT2D eigenvalue weighted by Gasteiger charge is -2.24. The van der Waals surface area contributed by atoms with E-state index in [1.807, 2.05) is 18.4 Å². The van der Waals surface area contributed by atoms with Crippen molar-refractivity contribution in [2.24, 2.45) is 5.73 Å². The molecule has 0 saturated heterocycles. The predicted octanol–water partition coefficient (Wildman–Crippen LogP) is 4.01. The predicted molar refractivity (Wildman–Crippen MR) is 125 cm³/mol. The van der Waals surface area contributed by atoms with Gasteiger partial charge >= 0.3 is 0 Å². The summed E-state index contributed by atoms with van der Waals surface area (Å²) in [6, 6.07) is 10.4. The average molecular weight is 440 g/mol. The van der Waals surface area contributed by atoms with Crippen LogP contribution in [0.25, 0.3) is 0 Å². The fourth-order valence-electron chi connectivity index (χ4n) is 3.83. The molecule has 5 N–H and O–H groups in total. The number of thiazole rings is 1. The van der Waals surface area contributed by atoms with Crippen LogP contribution in [0.5, 0.6) is 0 Å². The third kappa shape index (κ3) is 4.45. The molecule has 0 saturated carbocycles. The largest absolute Gasteiger partial charge is 0.380 e. The lowest BCUT2D eigenvalue weighted by molar-refractivity contribution is 0.573. The van der Waals surface area contributed by atoms with Gasteiger partial charge < -0.3 is 16.5 Å². The van der Waals surface area contributed by atoms with E-state index in [1.54, 1.807) is 12.3 Å². The zero-order chi connectivity index (χ0) is 21.1. The molecule has 4 rings (SSSR count). The number of nitrogens with two attached hydrogens (primary N) is 1. The highest BCUT2D eigenvalue weighted by Gasteiger charge is 2.18. The van der Waals surface area contributed by atoms with Gasteiger partial charge in [-0.15, -0.1) is 11.3 Å². The molecule has 2 unspecified atom stereocenters. The molecule has 6 nitrogen and oxygen atoms in total. The highest BCUT2D eigenvalue weighted by Crippen LogP contribution is 2.27. The quantitative estimate of drug-likeness (QED) is 0.418. The van der Waals surface area contributed by atoms with Gasteiger partial charge in [-0.1, -0.05) is 18.2 Å². The van der Waals surface area contributed by atoms with Crippen molar-refractivity contribution < 1.29 is 4.21 Å². The second-order valence-electron chi connectivity index (χ2n) is 7.47. The molecule has 8 heteroatoms. The van der Waals surface area contributed by atoms with Crippen LogP contribution >= 0.6 is 11.3 Å². The number of nitrogens with one attached hydrogen (secondary N) is 3. The second-order valence-corrected chi connectivity index (χ2v) is 9.54. The number of benzene rings is 2. The van der Waals surface area contributed by atoms with Crippen molar-refractivity contribution >= 4 is 39.4 Å². The number of nitrogens with zero attached hydrogens (tertiary/aromatic N) is 1. The summed E-state index contributed by atoms with van der Waals surface area (Å²) < 4.78 is 15.7. The van der Waals surface area contributed by atoms with Crippen LogP contribution in [0.15, 0.2) is 46.8 Å². The van der Waals surface area contributed by atoms with Gasteiger partial charge in [-0.25, -0.2) is 9.19 Å². The molecular formula is C22H25N5OS2. The summed E-state index contributed by atoms with van der Waals surface area (Å²) in [7, 11) is -1.44. The van der Waals surface area contributed by atoms with E-state index in [0.717, 1.165) is 30.5 Å². The monoisotopic (exact) mass is 439 g/mol. The van der Waals surface area contributed by atoms with Gasteiger partial charge in [0.05, 0.1) is 4.90 Å². The molecule has 156 valence electrons. The van der Waals surface area contributed by atoms with E-state index in [-0.39, 0.29) is 6.04 Å². The van der Waals surface area contributed by atoms with Gasteiger partial charge in [-0.3, -0.25) is 4.72 Å². The van der Waals surface area contributed by atoms with Crippen molar-refractivity contribution in [3.8, 4) is 0 Å². The minimum atomic E-state index is -1.44. The Bertz CT molecular complexity index is 1080. The van der Waals surface area contributed by atoms with E-state index < -0.39 is 11.0 Å². The van der Waals surface area contributed by atoms with Gasteiger partial charge in [0, 0.05) is 41.6 Å². The maximum atomic E-state index is 12.7. The van der Waals surface area contributed by atoms with Crippen molar-refractivity contribution in [2.75, 3.05) is 10.0 Å². The number of aryl methyl sites for hydroxylation is 2. The lowest BCUT2D eigenvalue weighted by Crippen LogP contribution is -2.29. The number of aromatic nitrogens is 1. The van der Waals surface area contributed by atoms with Crippen molar-refractivity contribution in [3.05, 3.63) is 69.7 Å². The van der Waals surface area contributed by atoms with Crippen LogP contribution in [0.3, 0.4) is 0 Å². The van der Waals surface area contributed by atoms with E-state index in [9.17, 15) is 4.21 Å². The number of fused-ring (bicyclic) bond motifs is 1. The Labute approximate surface area is 183 Å². The minimum absolute atomic E-state index is 0.220. The summed E-state index contributed by atoms with van der Waals surface area (Å²) in [4.78, 5) is 4.77. The van der Waals surface area contributed by atoms with Crippen molar-refractivity contribution in [1.29, 1.82) is 5.41 Å². The Morgan fingerprint density at radius 1 is 1.40 bits per heavy atom. The number of hydrogen-bond donors (Lipinski definition) is 4. The highest BCUT2D eigenvalue weighted by molar-refractivity contribution is 7.86. The molecule has 0 fully saturated rings. The Kier molecular flexibility index (Phi) is 6.26. The third-order valence-corrected chi connectivity index (χ3v) is 7.44. The van der Waals surface area contributed by atoms with E-state index in [2.05, 4.69) is 33.2 Å². The zero-order valence-electron chi connectivity index (χ0n) is 16.8. The van der Waals surface area contributed by atoms with Crippen LogP contribution in [0.1, 0.15) is 34.2 Å². The molecule has 0 amide bonds. The Morgan fingerprint density at radius 3 is 3.03 bits per heavy atom. The van der Waals surface area contributed by atoms with E-state index in [4.69, 9.17) is 11.1 Å². The number of hydrogen-bond acceptors (Lipinski definition) is 6. The fraction of sp³-hybridized carbons (Fsp3) is 0.273. The summed E-state index contributed by atoms with van der Waals surface area (Å²) in [6.07, 6.45) is 5.94. The molecule has 2 aromatic carbocycles. The maximum Gasteiger partial charge on any atom is 0.194 e. The van der Waals surface area contributed by atoms with Crippen LogP contribution in [0, 0.1) is 12.3 Å². The number of anilines is 2. The Balaban J connectivity index is 1.55. The molecule has 1 aliphatic carbocycles. The fourth-order valence-corrected chi connectivity index (χ4v) is 5.53. The van der Waals surface area contributed by atoms with Crippen LogP contribution < -0.4 is 15.8 Å². The molecule has 1 aromatic heterocycles. The smallest absolute Gasteiger partial charge is 0.194 e. The van der Waals surface area contributed by atoms with Crippen molar-refractivity contribution in [1.82, 2.24) is 4.98 Å². The average Bonchev–Trinajstić information content (AvgIpc) is 3.25. The first-order valence-electron chi connectivity index (χ1n) is 9.87. The van der Waals surface area contributed by atoms with Crippen LogP contribution in [-0.4, -0.2) is 21.4 Å². The minimum Gasteiger partial charge on any atom is -0.380 e. The molecular weight excluding hydrogens is 414 g/mol.